The number of nitrogens with one attached hydrogen (secondary N) is 1. The van der Waals surface area contributed by atoms with Crippen molar-refractivity contribution < 1.29 is 5.11 Å². The average molecular weight is 268 g/mol. The lowest BCUT2D eigenvalue weighted by Crippen LogP contribution is -2.03. The molecule has 0 saturated carbocycles. The van der Waals surface area contributed by atoms with Gasteiger partial charge in [0.05, 0.1) is 0 Å². The molecule has 0 aliphatic carbocycles. The lowest BCUT2D eigenvalue weighted by Gasteiger charge is -2.07. The van der Waals surface area contributed by atoms with Crippen LogP contribution in [0, 0.1) is 0 Å². The van der Waals surface area contributed by atoms with Crippen LogP contribution in [0.2, 0.25) is 0 Å². The zero-order valence-corrected chi connectivity index (χ0v) is 9.48. The van der Waals surface area contributed by atoms with Gasteiger partial charge in [0, 0.05) is 10.9 Å². The van der Waals surface area contributed by atoms with Gasteiger partial charge in [0.2, 0.25) is 0 Å². The van der Waals surface area contributed by atoms with Crippen LogP contribution in [0.4, 0.5) is 0 Å². The summed E-state index contributed by atoms with van der Waals surface area (Å²) in [5, 5.41) is 16.2. The molecule has 0 fully saturated rings. The van der Waals surface area contributed by atoms with Crippen molar-refractivity contribution in [3.8, 4) is 0 Å². The SMILES string of the molecule is OC(Cc1cccc(Br)c1)c1ncn[nH]1. The van der Waals surface area contributed by atoms with Gasteiger partial charge in [0.1, 0.15) is 12.4 Å². The minimum Gasteiger partial charge on any atom is -0.385 e. The fourth-order valence-electron chi connectivity index (χ4n) is 1.36. The number of aliphatic hydroxyl groups excluding tert-OH is 1. The maximum Gasteiger partial charge on any atom is 0.153 e. The number of nitrogens with zero attached hydrogens (tertiary/aromatic N) is 2. The third-order valence-electron chi connectivity index (χ3n) is 2.07. The molecule has 0 aliphatic rings. The normalized spacial score (nSPS) is 12.7. The zero-order chi connectivity index (χ0) is 10.7. The second kappa shape index (κ2) is 4.55. The number of benzene rings is 1. The molecule has 15 heavy (non-hydrogen) atoms. The molecule has 1 unspecified atom stereocenters. The third-order valence-corrected chi connectivity index (χ3v) is 2.56. The fraction of sp³-hybridized carbons (Fsp3) is 0.200. The van der Waals surface area contributed by atoms with Gasteiger partial charge < -0.3 is 5.11 Å². The molecule has 0 bridgehead atoms. The second-order valence-electron chi connectivity index (χ2n) is 3.22. The molecule has 1 aromatic carbocycles. The molecule has 1 aromatic heterocycles. The Balaban J connectivity index is 2.09. The van der Waals surface area contributed by atoms with Crippen molar-refractivity contribution in [3.63, 3.8) is 0 Å². The van der Waals surface area contributed by atoms with E-state index in [2.05, 4.69) is 31.1 Å². The number of hydrogen-bond donors (Lipinski definition) is 2. The molecule has 2 rings (SSSR count). The van der Waals surface area contributed by atoms with Gasteiger partial charge in [-0.15, -0.1) is 0 Å². The summed E-state index contributed by atoms with van der Waals surface area (Å²) in [6, 6.07) is 7.82. The first kappa shape index (κ1) is 10.3. The summed E-state index contributed by atoms with van der Waals surface area (Å²) in [7, 11) is 0. The van der Waals surface area contributed by atoms with Crippen LogP contribution in [0.1, 0.15) is 17.5 Å². The standard InChI is InChI=1S/C10H10BrN3O/c11-8-3-1-2-7(4-8)5-9(15)10-12-6-13-14-10/h1-4,6,9,15H,5H2,(H,12,13,14). The second-order valence-corrected chi connectivity index (χ2v) is 4.14. The van der Waals surface area contributed by atoms with E-state index in [1.807, 2.05) is 24.3 Å². The van der Waals surface area contributed by atoms with Gasteiger partial charge in [-0.25, -0.2) is 4.98 Å². The minimum absolute atomic E-state index is 0.495. The molecule has 5 heteroatoms. The molecular formula is C10H10BrN3O. The van der Waals surface area contributed by atoms with Crippen molar-refractivity contribution in [2.24, 2.45) is 0 Å². The largest absolute Gasteiger partial charge is 0.385 e. The monoisotopic (exact) mass is 267 g/mol. The van der Waals surface area contributed by atoms with Crippen molar-refractivity contribution in [1.82, 2.24) is 15.2 Å². The first-order valence-corrected chi connectivity index (χ1v) is 5.33. The van der Waals surface area contributed by atoms with Crippen LogP contribution in [-0.4, -0.2) is 20.3 Å². The molecule has 1 heterocycles. The predicted molar refractivity (Wildman–Crippen MR) is 59.2 cm³/mol. The van der Waals surface area contributed by atoms with Gasteiger partial charge in [-0.1, -0.05) is 28.1 Å². The van der Waals surface area contributed by atoms with Crippen LogP contribution < -0.4 is 0 Å². The van der Waals surface area contributed by atoms with Crippen LogP contribution >= 0.6 is 15.9 Å². The molecule has 2 N–H and O–H groups in total. The number of hydrogen-bond acceptors (Lipinski definition) is 3. The zero-order valence-electron chi connectivity index (χ0n) is 7.89. The van der Waals surface area contributed by atoms with Crippen LogP contribution in [0.25, 0.3) is 0 Å². The van der Waals surface area contributed by atoms with Crippen LogP contribution in [-0.2, 0) is 6.42 Å². The lowest BCUT2D eigenvalue weighted by atomic mass is 10.1. The van der Waals surface area contributed by atoms with Crippen molar-refractivity contribution in [3.05, 3.63) is 46.5 Å². The van der Waals surface area contributed by atoms with E-state index in [0.717, 1.165) is 10.0 Å². The van der Waals surface area contributed by atoms with Crippen molar-refractivity contribution in [2.45, 2.75) is 12.5 Å². The van der Waals surface area contributed by atoms with Crippen LogP contribution in [0.3, 0.4) is 0 Å². The van der Waals surface area contributed by atoms with Crippen LogP contribution in [0.15, 0.2) is 35.1 Å². The van der Waals surface area contributed by atoms with Gasteiger partial charge in [-0.05, 0) is 17.7 Å². The summed E-state index contributed by atoms with van der Waals surface area (Å²) in [6.45, 7) is 0. The van der Waals surface area contributed by atoms with Gasteiger partial charge in [-0.2, -0.15) is 5.10 Å². The molecule has 1 atom stereocenters. The molecule has 0 aliphatic heterocycles. The highest BCUT2D eigenvalue weighted by Crippen LogP contribution is 2.17. The molecule has 4 nitrogen and oxygen atoms in total. The molecule has 0 amide bonds. The number of halogens is 1. The average Bonchev–Trinajstić information content (AvgIpc) is 2.70. The summed E-state index contributed by atoms with van der Waals surface area (Å²) in [5.41, 5.74) is 1.05. The first-order chi connectivity index (χ1) is 7.25. The van der Waals surface area contributed by atoms with Crippen molar-refractivity contribution in [2.75, 3.05) is 0 Å². The Morgan fingerprint density at radius 3 is 3.00 bits per heavy atom. The highest BCUT2D eigenvalue weighted by molar-refractivity contribution is 9.10. The Kier molecular flexibility index (Phi) is 3.13. The number of aliphatic hydroxyl groups is 1. The predicted octanol–water partition coefficient (Wildman–Crippen LogP) is 1.84. The van der Waals surface area contributed by atoms with Gasteiger partial charge in [-0.3, -0.25) is 5.10 Å². The summed E-state index contributed by atoms with van der Waals surface area (Å²) in [4.78, 5) is 3.91. The number of H-pyrrole nitrogens is 1. The summed E-state index contributed by atoms with van der Waals surface area (Å²) < 4.78 is 1.00. The van der Waals surface area contributed by atoms with E-state index in [0.29, 0.717) is 12.2 Å². The highest BCUT2D eigenvalue weighted by atomic mass is 79.9. The fourth-order valence-corrected chi connectivity index (χ4v) is 1.81. The molecule has 0 spiro atoms. The van der Waals surface area contributed by atoms with Crippen molar-refractivity contribution >= 4 is 15.9 Å². The molecule has 0 saturated heterocycles. The highest BCUT2D eigenvalue weighted by Gasteiger charge is 2.11. The Morgan fingerprint density at radius 2 is 2.33 bits per heavy atom. The van der Waals surface area contributed by atoms with E-state index in [1.54, 1.807) is 0 Å². The van der Waals surface area contributed by atoms with E-state index in [-0.39, 0.29) is 0 Å². The van der Waals surface area contributed by atoms with Gasteiger partial charge >= 0.3 is 0 Å². The topological polar surface area (TPSA) is 61.8 Å². The Morgan fingerprint density at radius 1 is 1.47 bits per heavy atom. The number of aromatic nitrogens is 3. The van der Waals surface area contributed by atoms with Crippen molar-refractivity contribution in [1.29, 1.82) is 0 Å². The van der Waals surface area contributed by atoms with E-state index in [9.17, 15) is 5.11 Å². The van der Waals surface area contributed by atoms with E-state index >= 15 is 0 Å². The third kappa shape index (κ3) is 2.64. The molecule has 0 radical (unpaired) electrons. The summed E-state index contributed by atoms with van der Waals surface area (Å²) >= 11 is 3.38. The Labute approximate surface area is 95.5 Å². The summed E-state index contributed by atoms with van der Waals surface area (Å²) in [5.74, 6) is 0.495. The first-order valence-electron chi connectivity index (χ1n) is 4.53. The van der Waals surface area contributed by atoms with Gasteiger partial charge in [0.15, 0.2) is 5.82 Å². The molecular weight excluding hydrogens is 258 g/mol. The Bertz CT molecular complexity index is 430. The quantitative estimate of drug-likeness (QED) is 0.892. The van der Waals surface area contributed by atoms with Gasteiger partial charge in [0.25, 0.3) is 0 Å². The summed E-state index contributed by atoms with van der Waals surface area (Å²) in [6.07, 6.45) is 1.27. The Hall–Kier alpha value is -1.20. The molecule has 2 aromatic rings. The van der Waals surface area contributed by atoms with E-state index in [1.165, 1.54) is 6.33 Å². The maximum atomic E-state index is 9.80. The number of aromatic amines is 1. The minimum atomic E-state index is -0.637. The van der Waals surface area contributed by atoms with E-state index in [4.69, 9.17) is 0 Å². The van der Waals surface area contributed by atoms with E-state index < -0.39 is 6.10 Å². The van der Waals surface area contributed by atoms with Crippen LogP contribution in [0.5, 0.6) is 0 Å². The lowest BCUT2D eigenvalue weighted by molar-refractivity contribution is 0.169. The maximum absolute atomic E-state index is 9.80. The number of rotatable bonds is 3. The molecule has 78 valence electrons. The smallest absolute Gasteiger partial charge is 0.153 e.